The fraction of sp³-hybridized carbons (Fsp3) is 0.333. The summed E-state index contributed by atoms with van der Waals surface area (Å²) in [5.41, 5.74) is 2.43. The number of para-hydroxylation sites is 1. The Balaban J connectivity index is 1.96. The van der Waals surface area contributed by atoms with Crippen LogP contribution in [0.3, 0.4) is 0 Å². The highest BCUT2D eigenvalue weighted by Gasteiger charge is 2.29. The van der Waals surface area contributed by atoms with Gasteiger partial charge in [0.05, 0.1) is 7.11 Å². The average Bonchev–Trinajstić information content (AvgIpc) is 2.55. The zero-order valence-corrected chi connectivity index (χ0v) is 12.2. The SMILES string of the molecule is COc1ccccc1C1CCNCC1c1ccc(F)cc1. The van der Waals surface area contributed by atoms with E-state index in [1.807, 2.05) is 24.3 Å². The van der Waals surface area contributed by atoms with Crippen molar-refractivity contribution in [1.82, 2.24) is 5.32 Å². The molecular formula is C18H20FNO. The molecule has 1 fully saturated rings. The Hall–Kier alpha value is -1.87. The summed E-state index contributed by atoms with van der Waals surface area (Å²) in [5.74, 6) is 1.50. The molecule has 0 saturated carbocycles. The van der Waals surface area contributed by atoms with E-state index in [2.05, 4.69) is 17.4 Å². The lowest BCUT2D eigenvalue weighted by molar-refractivity contribution is 0.371. The van der Waals surface area contributed by atoms with Gasteiger partial charge in [-0.1, -0.05) is 30.3 Å². The van der Waals surface area contributed by atoms with Crippen LogP contribution >= 0.6 is 0 Å². The summed E-state index contributed by atoms with van der Waals surface area (Å²) < 4.78 is 18.7. The second-order valence-corrected chi connectivity index (χ2v) is 5.50. The Bertz CT molecular complexity index is 596. The minimum absolute atomic E-state index is 0.184. The summed E-state index contributed by atoms with van der Waals surface area (Å²) in [4.78, 5) is 0. The van der Waals surface area contributed by atoms with Crippen molar-refractivity contribution in [1.29, 1.82) is 0 Å². The van der Waals surface area contributed by atoms with E-state index in [9.17, 15) is 4.39 Å². The van der Waals surface area contributed by atoms with Crippen LogP contribution < -0.4 is 10.1 Å². The van der Waals surface area contributed by atoms with Gasteiger partial charge in [0.1, 0.15) is 11.6 Å². The molecule has 2 nitrogen and oxygen atoms in total. The Morgan fingerprint density at radius 3 is 2.57 bits per heavy atom. The van der Waals surface area contributed by atoms with E-state index in [1.54, 1.807) is 19.2 Å². The highest BCUT2D eigenvalue weighted by Crippen LogP contribution is 2.40. The third kappa shape index (κ3) is 2.93. The first-order chi connectivity index (χ1) is 10.3. The summed E-state index contributed by atoms with van der Waals surface area (Å²) in [5, 5.41) is 3.45. The number of hydrogen-bond acceptors (Lipinski definition) is 2. The van der Waals surface area contributed by atoms with E-state index in [0.29, 0.717) is 11.8 Å². The standard InChI is InChI=1S/C18H20FNO/c1-21-18-5-3-2-4-16(18)15-10-11-20-12-17(15)13-6-8-14(19)9-7-13/h2-9,15,17,20H,10-12H2,1H3. The second kappa shape index (κ2) is 6.27. The van der Waals surface area contributed by atoms with Gasteiger partial charge in [-0.25, -0.2) is 4.39 Å². The summed E-state index contributed by atoms with van der Waals surface area (Å²) in [6, 6.07) is 15.1. The number of hydrogen-bond donors (Lipinski definition) is 1. The molecule has 2 aromatic rings. The smallest absolute Gasteiger partial charge is 0.123 e. The normalized spacial score (nSPS) is 22.0. The fourth-order valence-corrected chi connectivity index (χ4v) is 3.26. The van der Waals surface area contributed by atoms with Gasteiger partial charge in [-0.3, -0.25) is 0 Å². The quantitative estimate of drug-likeness (QED) is 0.928. The molecule has 1 aliphatic heterocycles. The van der Waals surface area contributed by atoms with Gasteiger partial charge in [0.2, 0.25) is 0 Å². The van der Waals surface area contributed by atoms with Gasteiger partial charge < -0.3 is 10.1 Å². The fourth-order valence-electron chi connectivity index (χ4n) is 3.26. The molecule has 2 atom stereocenters. The minimum atomic E-state index is -0.184. The van der Waals surface area contributed by atoms with Crippen LogP contribution in [0.2, 0.25) is 0 Å². The van der Waals surface area contributed by atoms with Gasteiger partial charge in [-0.2, -0.15) is 0 Å². The highest BCUT2D eigenvalue weighted by molar-refractivity contribution is 5.39. The van der Waals surface area contributed by atoms with Gasteiger partial charge in [0.15, 0.2) is 0 Å². The monoisotopic (exact) mass is 285 g/mol. The van der Waals surface area contributed by atoms with Gasteiger partial charge in [0.25, 0.3) is 0 Å². The molecule has 1 saturated heterocycles. The number of halogens is 1. The predicted octanol–water partition coefficient (Wildman–Crippen LogP) is 3.70. The number of ether oxygens (including phenoxy) is 1. The molecule has 0 aromatic heterocycles. The van der Waals surface area contributed by atoms with Crippen molar-refractivity contribution in [3.63, 3.8) is 0 Å². The van der Waals surface area contributed by atoms with Crippen LogP contribution in [0.15, 0.2) is 48.5 Å². The molecule has 3 rings (SSSR count). The maximum atomic E-state index is 13.2. The van der Waals surface area contributed by atoms with E-state index in [1.165, 1.54) is 11.1 Å². The minimum Gasteiger partial charge on any atom is -0.496 e. The highest BCUT2D eigenvalue weighted by atomic mass is 19.1. The van der Waals surface area contributed by atoms with Gasteiger partial charge in [-0.05, 0) is 48.2 Å². The lowest BCUT2D eigenvalue weighted by Gasteiger charge is -2.33. The van der Waals surface area contributed by atoms with Gasteiger partial charge >= 0.3 is 0 Å². The molecule has 1 heterocycles. The van der Waals surface area contributed by atoms with Crippen LogP contribution in [0.4, 0.5) is 4.39 Å². The van der Waals surface area contributed by atoms with Crippen LogP contribution in [0.1, 0.15) is 29.4 Å². The molecule has 21 heavy (non-hydrogen) atoms. The second-order valence-electron chi connectivity index (χ2n) is 5.50. The first-order valence-corrected chi connectivity index (χ1v) is 7.38. The summed E-state index contributed by atoms with van der Waals surface area (Å²) in [6.45, 7) is 1.91. The van der Waals surface area contributed by atoms with Crippen molar-refractivity contribution in [2.45, 2.75) is 18.3 Å². The van der Waals surface area contributed by atoms with Crippen molar-refractivity contribution in [3.05, 3.63) is 65.5 Å². The summed E-state index contributed by atoms with van der Waals surface area (Å²) in [6.07, 6.45) is 1.06. The van der Waals surface area contributed by atoms with Gasteiger partial charge in [0, 0.05) is 12.5 Å². The van der Waals surface area contributed by atoms with Gasteiger partial charge in [-0.15, -0.1) is 0 Å². The number of rotatable bonds is 3. The van der Waals surface area contributed by atoms with Crippen molar-refractivity contribution in [3.8, 4) is 5.75 Å². The van der Waals surface area contributed by atoms with E-state index in [0.717, 1.165) is 25.3 Å². The Morgan fingerprint density at radius 1 is 1.05 bits per heavy atom. The van der Waals surface area contributed by atoms with E-state index >= 15 is 0 Å². The van der Waals surface area contributed by atoms with Crippen LogP contribution in [0.5, 0.6) is 5.75 Å². The molecule has 2 aromatic carbocycles. The van der Waals surface area contributed by atoms with Crippen molar-refractivity contribution >= 4 is 0 Å². The largest absolute Gasteiger partial charge is 0.496 e. The maximum absolute atomic E-state index is 13.2. The Labute approximate surface area is 125 Å². The lowest BCUT2D eigenvalue weighted by atomic mass is 9.77. The molecular weight excluding hydrogens is 265 g/mol. The third-order valence-corrected chi connectivity index (χ3v) is 4.32. The summed E-state index contributed by atoms with van der Waals surface area (Å²) in [7, 11) is 1.72. The third-order valence-electron chi connectivity index (χ3n) is 4.32. The van der Waals surface area contributed by atoms with Crippen LogP contribution in [-0.4, -0.2) is 20.2 Å². The van der Waals surface area contributed by atoms with E-state index < -0.39 is 0 Å². The molecule has 0 aliphatic carbocycles. The molecule has 1 N–H and O–H groups in total. The Kier molecular flexibility index (Phi) is 4.20. The van der Waals surface area contributed by atoms with Crippen LogP contribution in [-0.2, 0) is 0 Å². The zero-order valence-electron chi connectivity index (χ0n) is 12.2. The Morgan fingerprint density at radius 2 is 1.81 bits per heavy atom. The molecule has 0 spiro atoms. The van der Waals surface area contributed by atoms with Crippen LogP contribution in [0, 0.1) is 5.82 Å². The molecule has 3 heteroatoms. The van der Waals surface area contributed by atoms with E-state index in [-0.39, 0.29) is 5.82 Å². The molecule has 110 valence electrons. The first kappa shape index (κ1) is 14.1. The lowest BCUT2D eigenvalue weighted by Crippen LogP contribution is -2.34. The predicted molar refractivity (Wildman–Crippen MR) is 82.4 cm³/mol. The average molecular weight is 285 g/mol. The van der Waals surface area contributed by atoms with Crippen molar-refractivity contribution in [2.24, 2.45) is 0 Å². The molecule has 0 radical (unpaired) electrons. The number of nitrogens with one attached hydrogen (secondary N) is 1. The number of methoxy groups -OCH3 is 1. The maximum Gasteiger partial charge on any atom is 0.123 e. The summed E-state index contributed by atoms with van der Waals surface area (Å²) >= 11 is 0. The topological polar surface area (TPSA) is 21.3 Å². The molecule has 1 aliphatic rings. The first-order valence-electron chi connectivity index (χ1n) is 7.38. The van der Waals surface area contributed by atoms with Crippen molar-refractivity contribution < 1.29 is 9.13 Å². The molecule has 0 amide bonds. The number of benzene rings is 2. The number of piperidine rings is 1. The zero-order chi connectivity index (χ0) is 14.7. The molecule has 2 unspecified atom stereocenters. The van der Waals surface area contributed by atoms with Crippen molar-refractivity contribution in [2.75, 3.05) is 20.2 Å². The van der Waals surface area contributed by atoms with E-state index in [4.69, 9.17) is 4.74 Å². The van der Waals surface area contributed by atoms with Crippen LogP contribution in [0.25, 0.3) is 0 Å². The molecule has 0 bridgehead atoms.